The summed E-state index contributed by atoms with van der Waals surface area (Å²) in [7, 11) is 0. The van der Waals surface area contributed by atoms with E-state index in [-0.39, 0.29) is 29.8 Å². The highest BCUT2D eigenvalue weighted by Gasteiger charge is 2.37. The average Bonchev–Trinajstić information content (AvgIpc) is 2.86. The molecule has 7 nitrogen and oxygen atoms in total. The first-order valence-electron chi connectivity index (χ1n) is 9.68. The number of likely N-dealkylation sites (tertiary alicyclic amines) is 1. The number of nitrogens with zero attached hydrogens (tertiary/aromatic N) is 2. The van der Waals surface area contributed by atoms with Gasteiger partial charge in [0.2, 0.25) is 11.8 Å². The van der Waals surface area contributed by atoms with Crippen LogP contribution in [-0.4, -0.2) is 59.1 Å². The molecular formula is C21H27N3O4. The maximum atomic E-state index is 12.6. The van der Waals surface area contributed by atoms with Crippen LogP contribution in [0.5, 0.6) is 0 Å². The highest BCUT2D eigenvalue weighted by molar-refractivity contribution is 6.22. The second-order valence-corrected chi connectivity index (χ2v) is 8.70. The third-order valence-electron chi connectivity index (χ3n) is 5.08. The van der Waals surface area contributed by atoms with Crippen molar-refractivity contribution in [3.63, 3.8) is 0 Å². The quantitative estimate of drug-likeness (QED) is 0.801. The molecule has 7 heteroatoms. The average molecular weight is 385 g/mol. The second kappa shape index (κ2) is 7.73. The lowest BCUT2D eigenvalue weighted by Crippen LogP contribution is -2.49. The van der Waals surface area contributed by atoms with Crippen molar-refractivity contribution in [3.8, 4) is 0 Å². The highest BCUT2D eigenvalue weighted by atomic mass is 16.2. The molecule has 1 saturated heterocycles. The Morgan fingerprint density at radius 3 is 2.07 bits per heavy atom. The number of hydrogen-bond donors (Lipinski definition) is 1. The lowest BCUT2D eigenvalue weighted by molar-refractivity contribution is -0.132. The standard InChI is InChI=1S/C21H27N3O4/c1-21(2,3)12-17(25)22-14-8-10-23(11-9-14)18(26)13-24-19(27)15-6-4-5-7-16(15)20(24)28/h4-7,14H,8-13H2,1-3H3,(H,22,25). The first-order chi connectivity index (χ1) is 13.2. The van der Waals surface area contributed by atoms with Gasteiger partial charge in [-0.1, -0.05) is 32.9 Å². The molecule has 0 atom stereocenters. The Morgan fingerprint density at radius 2 is 1.57 bits per heavy atom. The van der Waals surface area contributed by atoms with Crippen molar-refractivity contribution < 1.29 is 19.2 Å². The van der Waals surface area contributed by atoms with Crippen LogP contribution in [0.1, 0.15) is 60.7 Å². The minimum absolute atomic E-state index is 0.0308. The molecule has 0 aromatic heterocycles. The van der Waals surface area contributed by atoms with E-state index >= 15 is 0 Å². The van der Waals surface area contributed by atoms with E-state index in [9.17, 15) is 19.2 Å². The van der Waals surface area contributed by atoms with Crippen LogP contribution in [0.2, 0.25) is 0 Å². The van der Waals surface area contributed by atoms with Gasteiger partial charge in [-0.2, -0.15) is 0 Å². The van der Waals surface area contributed by atoms with Crippen LogP contribution in [-0.2, 0) is 9.59 Å². The van der Waals surface area contributed by atoms with E-state index in [0.717, 1.165) is 4.90 Å². The molecule has 3 rings (SSSR count). The van der Waals surface area contributed by atoms with Crippen LogP contribution in [0, 0.1) is 5.41 Å². The normalized spacial score (nSPS) is 17.7. The topological polar surface area (TPSA) is 86.8 Å². The van der Waals surface area contributed by atoms with Gasteiger partial charge in [-0.05, 0) is 30.4 Å². The summed E-state index contributed by atoms with van der Waals surface area (Å²) in [6, 6.07) is 6.66. The molecule has 1 fully saturated rings. The van der Waals surface area contributed by atoms with Gasteiger partial charge in [-0.15, -0.1) is 0 Å². The number of carbonyl (C=O) groups is 4. The number of fused-ring (bicyclic) bond motifs is 1. The summed E-state index contributed by atoms with van der Waals surface area (Å²) in [6.07, 6.45) is 1.80. The Hall–Kier alpha value is -2.70. The number of amides is 4. The van der Waals surface area contributed by atoms with Gasteiger partial charge >= 0.3 is 0 Å². The lowest BCUT2D eigenvalue weighted by atomic mass is 9.91. The van der Waals surface area contributed by atoms with Crippen LogP contribution in [0.15, 0.2) is 24.3 Å². The molecule has 0 aliphatic carbocycles. The van der Waals surface area contributed by atoms with E-state index < -0.39 is 11.8 Å². The first-order valence-corrected chi connectivity index (χ1v) is 9.68. The van der Waals surface area contributed by atoms with Crippen LogP contribution >= 0.6 is 0 Å². The number of piperidine rings is 1. The minimum atomic E-state index is -0.418. The summed E-state index contributed by atoms with van der Waals surface area (Å²) in [6.45, 7) is 6.82. The van der Waals surface area contributed by atoms with Gasteiger partial charge in [0.15, 0.2) is 0 Å². The molecule has 2 heterocycles. The highest BCUT2D eigenvalue weighted by Crippen LogP contribution is 2.23. The lowest BCUT2D eigenvalue weighted by Gasteiger charge is -2.33. The van der Waals surface area contributed by atoms with Gasteiger partial charge in [0.05, 0.1) is 11.1 Å². The number of carbonyl (C=O) groups excluding carboxylic acids is 4. The Labute approximate surface area is 165 Å². The Kier molecular flexibility index (Phi) is 5.54. The maximum Gasteiger partial charge on any atom is 0.262 e. The van der Waals surface area contributed by atoms with Gasteiger partial charge in [0.1, 0.15) is 6.54 Å². The number of hydrogen-bond acceptors (Lipinski definition) is 4. The van der Waals surface area contributed by atoms with Crippen molar-refractivity contribution in [3.05, 3.63) is 35.4 Å². The predicted molar refractivity (Wildman–Crippen MR) is 104 cm³/mol. The molecule has 0 saturated carbocycles. The molecule has 4 amide bonds. The summed E-state index contributed by atoms with van der Waals surface area (Å²) in [5.41, 5.74) is 0.633. The monoisotopic (exact) mass is 385 g/mol. The molecule has 0 radical (unpaired) electrons. The van der Waals surface area contributed by atoms with Crippen molar-refractivity contribution in [1.29, 1.82) is 0 Å². The Morgan fingerprint density at radius 1 is 1.04 bits per heavy atom. The molecule has 150 valence electrons. The molecule has 0 spiro atoms. The number of imide groups is 1. The number of benzene rings is 1. The van der Waals surface area contributed by atoms with Crippen molar-refractivity contribution in [2.24, 2.45) is 5.41 Å². The van der Waals surface area contributed by atoms with Crippen LogP contribution in [0.25, 0.3) is 0 Å². The van der Waals surface area contributed by atoms with E-state index in [2.05, 4.69) is 5.32 Å². The van der Waals surface area contributed by atoms with Gasteiger partial charge in [0.25, 0.3) is 11.8 Å². The van der Waals surface area contributed by atoms with E-state index in [4.69, 9.17) is 0 Å². The van der Waals surface area contributed by atoms with Crippen molar-refractivity contribution in [2.75, 3.05) is 19.6 Å². The molecule has 1 aromatic rings. The third-order valence-corrected chi connectivity index (χ3v) is 5.08. The molecule has 1 aromatic carbocycles. The predicted octanol–water partition coefficient (Wildman–Crippen LogP) is 1.83. The summed E-state index contributed by atoms with van der Waals surface area (Å²) in [5.74, 6) is -1.05. The second-order valence-electron chi connectivity index (χ2n) is 8.70. The van der Waals surface area contributed by atoms with Crippen LogP contribution in [0.3, 0.4) is 0 Å². The number of nitrogens with one attached hydrogen (secondary N) is 1. The molecule has 1 N–H and O–H groups in total. The fourth-order valence-electron chi connectivity index (χ4n) is 3.65. The van der Waals surface area contributed by atoms with Crippen molar-refractivity contribution >= 4 is 23.6 Å². The Bertz CT molecular complexity index is 769. The molecule has 0 bridgehead atoms. The molecule has 2 aliphatic rings. The van der Waals surface area contributed by atoms with E-state index in [1.165, 1.54) is 0 Å². The van der Waals surface area contributed by atoms with Crippen LogP contribution < -0.4 is 5.32 Å². The van der Waals surface area contributed by atoms with Gasteiger partial charge in [-0.3, -0.25) is 24.1 Å². The summed E-state index contributed by atoms with van der Waals surface area (Å²) in [4.78, 5) is 52.2. The van der Waals surface area contributed by atoms with E-state index in [0.29, 0.717) is 43.5 Å². The van der Waals surface area contributed by atoms with Crippen LogP contribution in [0.4, 0.5) is 0 Å². The van der Waals surface area contributed by atoms with Crippen molar-refractivity contribution in [2.45, 2.75) is 46.1 Å². The minimum Gasteiger partial charge on any atom is -0.353 e. The summed E-state index contributed by atoms with van der Waals surface area (Å²) in [5, 5.41) is 3.04. The first kappa shape index (κ1) is 20.0. The molecular weight excluding hydrogens is 358 g/mol. The zero-order valence-corrected chi connectivity index (χ0v) is 16.7. The SMILES string of the molecule is CC(C)(C)CC(=O)NC1CCN(C(=O)CN2C(=O)c3ccccc3C2=O)CC1. The number of rotatable bonds is 4. The smallest absolute Gasteiger partial charge is 0.262 e. The van der Waals surface area contributed by atoms with Gasteiger partial charge in [0, 0.05) is 25.6 Å². The maximum absolute atomic E-state index is 12.6. The molecule has 28 heavy (non-hydrogen) atoms. The van der Waals surface area contributed by atoms with Crippen molar-refractivity contribution in [1.82, 2.24) is 15.1 Å². The fraction of sp³-hybridized carbons (Fsp3) is 0.524. The largest absolute Gasteiger partial charge is 0.353 e. The molecule has 2 aliphatic heterocycles. The zero-order chi connectivity index (χ0) is 20.5. The van der Waals surface area contributed by atoms with E-state index in [1.807, 2.05) is 20.8 Å². The fourth-order valence-corrected chi connectivity index (χ4v) is 3.65. The van der Waals surface area contributed by atoms with Gasteiger partial charge in [-0.25, -0.2) is 0 Å². The van der Waals surface area contributed by atoms with Gasteiger partial charge < -0.3 is 10.2 Å². The molecule has 0 unspecified atom stereocenters. The van der Waals surface area contributed by atoms with E-state index in [1.54, 1.807) is 29.2 Å². The summed E-state index contributed by atoms with van der Waals surface area (Å²) < 4.78 is 0. The Balaban J connectivity index is 1.51. The third kappa shape index (κ3) is 4.40. The summed E-state index contributed by atoms with van der Waals surface area (Å²) >= 11 is 0. The zero-order valence-electron chi connectivity index (χ0n) is 16.7.